The third kappa shape index (κ3) is 4.05. The number of rotatable bonds is 4. The highest BCUT2D eigenvalue weighted by atomic mass is 35.5. The van der Waals surface area contributed by atoms with Crippen LogP contribution in [-0.4, -0.2) is 35.2 Å². The van der Waals surface area contributed by atoms with Gasteiger partial charge in [0.2, 0.25) is 0 Å². The number of benzene rings is 4. The summed E-state index contributed by atoms with van der Waals surface area (Å²) in [5.74, 6) is 0.806. The normalized spacial score (nSPS) is 11.5. The molecule has 0 aliphatic carbocycles. The van der Waals surface area contributed by atoms with Crippen molar-refractivity contribution in [2.24, 2.45) is 0 Å². The van der Waals surface area contributed by atoms with Crippen molar-refractivity contribution in [3.63, 3.8) is 0 Å². The number of para-hydroxylation sites is 1. The molecule has 0 radical (unpaired) electrons. The number of phenolic OH excluding ortho intramolecular Hbond substituents is 1. The molecule has 0 aliphatic heterocycles. The van der Waals surface area contributed by atoms with Gasteiger partial charge in [-0.05, 0) is 41.3 Å². The van der Waals surface area contributed by atoms with E-state index >= 15 is 0 Å². The number of nitrogens with zero attached hydrogens (tertiary/aromatic N) is 1. The van der Waals surface area contributed by atoms with Gasteiger partial charge in [-0.25, -0.2) is 4.98 Å². The number of hydrogen-bond donors (Lipinski definition) is 3. The quantitative estimate of drug-likeness (QED) is 0.249. The van der Waals surface area contributed by atoms with Crippen LogP contribution in [0.2, 0.25) is 5.02 Å². The number of aromatic amines is 1. The molecule has 0 aliphatic rings. The maximum absolute atomic E-state index is 11.5. The average Bonchev–Trinajstić information content (AvgIpc) is 3.22. The molecule has 34 heavy (non-hydrogen) atoms. The van der Waals surface area contributed by atoms with Crippen molar-refractivity contribution >= 4 is 55.9 Å². The first-order chi connectivity index (χ1) is 15.8. The summed E-state index contributed by atoms with van der Waals surface area (Å²) in [4.78, 5) is 7.55. The van der Waals surface area contributed by atoms with E-state index in [-0.39, 0.29) is 18.2 Å². The van der Waals surface area contributed by atoms with Crippen molar-refractivity contribution in [1.29, 1.82) is 0 Å². The lowest BCUT2D eigenvalue weighted by molar-refractivity contribution is 0.418. The molecule has 7 nitrogen and oxygen atoms in total. The summed E-state index contributed by atoms with van der Waals surface area (Å²) in [6.07, 6.45) is 0. The van der Waals surface area contributed by atoms with Gasteiger partial charge in [0.05, 0.1) is 28.5 Å². The molecule has 0 bridgehead atoms. The van der Waals surface area contributed by atoms with E-state index in [1.165, 1.54) is 6.07 Å². The lowest BCUT2D eigenvalue weighted by Crippen LogP contribution is -1.97. The zero-order valence-electron chi connectivity index (χ0n) is 17.6. The van der Waals surface area contributed by atoms with E-state index in [0.29, 0.717) is 44.0 Å². The molecule has 0 spiro atoms. The van der Waals surface area contributed by atoms with E-state index in [2.05, 4.69) is 4.98 Å². The van der Waals surface area contributed by atoms with Crippen molar-refractivity contribution in [2.75, 3.05) is 7.11 Å². The maximum Gasteiger partial charge on any atom is 0.294 e. The molecule has 4 aromatic carbocycles. The Labute approximate surface area is 206 Å². The number of methoxy groups -OCH3 is 1. The van der Waals surface area contributed by atoms with Crippen LogP contribution in [0.1, 0.15) is 0 Å². The van der Waals surface area contributed by atoms with Crippen molar-refractivity contribution in [1.82, 2.24) is 9.97 Å². The number of ether oxygens (including phenoxy) is 1. The van der Waals surface area contributed by atoms with E-state index < -0.39 is 15.0 Å². The molecule has 1 aromatic heterocycles. The number of halogens is 2. The summed E-state index contributed by atoms with van der Waals surface area (Å²) in [6.45, 7) is 0. The highest BCUT2D eigenvalue weighted by molar-refractivity contribution is 7.85. The number of imidazole rings is 1. The van der Waals surface area contributed by atoms with Gasteiger partial charge in [0, 0.05) is 16.7 Å². The van der Waals surface area contributed by atoms with Crippen molar-refractivity contribution in [3.05, 3.63) is 71.8 Å². The number of nitrogens with one attached hydrogen (secondary N) is 1. The first-order valence-corrected chi connectivity index (χ1v) is 11.6. The Morgan fingerprint density at radius 1 is 1.00 bits per heavy atom. The third-order valence-electron chi connectivity index (χ3n) is 5.43. The van der Waals surface area contributed by atoms with E-state index in [9.17, 15) is 18.1 Å². The molecule has 174 valence electrons. The molecule has 0 unspecified atom stereocenters. The molecule has 0 fully saturated rings. The van der Waals surface area contributed by atoms with E-state index in [1.54, 1.807) is 25.3 Å². The van der Waals surface area contributed by atoms with Crippen LogP contribution in [0.4, 0.5) is 0 Å². The maximum atomic E-state index is 11.5. The van der Waals surface area contributed by atoms with Crippen molar-refractivity contribution in [3.8, 4) is 34.0 Å². The van der Waals surface area contributed by atoms with Crippen LogP contribution in [0.25, 0.3) is 44.3 Å². The molecule has 0 atom stereocenters. The second-order valence-corrected chi connectivity index (χ2v) is 9.32. The summed E-state index contributed by atoms with van der Waals surface area (Å²) < 4.78 is 38.1. The highest BCUT2D eigenvalue weighted by Crippen LogP contribution is 2.40. The number of hydrogen-bond acceptors (Lipinski definition) is 5. The zero-order valence-corrected chi connectivity index (χ0v) is 20.0. The SMILES string of the molecule is COc1c(-c2cccc(Cl)c2)cccc1-c1nc2c(ccc3cc(S(=O)(=O)O)cc(O)c32)[nH]1.Cl. The number of H-pyrrole nitrogens is 1. The molecule has 0 saturated carbocycles. The first kappa shape index (κ1) is 23.8. The lowest BCUT2D eigenvalue weighted by atomic mass is 10.0. The van der Waals surface area contributed by atoms with E-state index in [1.807, 2.05) is 36.4 Å². The minimum Gasteiger partial charge on any atom is -0.507 e. The van der Waals surface area contributed by atoms with Gasteiger partial charge in [-0.15, -0.1) is 12.4 Å². The van der Waals surface area contributed by atoms with E-state index in [4.69, 9.17) is 21.3 Å². The second kappa shape index (κ2) is 8.81. The molecule has 0 amide bonds. The average molecular weight is 517 g/mol. The van der Waals surface area contributed by atoms with Crippen LogP contribution in [0.3, 0.4) is 0 Å². The van der Waals surface area contributed by atoms with Crippen LogP contribution >= 0.6 is 24.0 Å². The second-order valence-electron chi connectivity index (χ2n) is 7.46. The zero-order chi connectivity index (χ0) is 23.3. The predicted molar refractivity (Wildman–Crippen MR) is 135 cm³/mol. The van der Waals surface area contributed by atoms with E-state index in [0.717, 1.165) is 17.2 Å². The molecule has 0 saturated heterocycles. The largest absolute Gasteiger partial charge is 0.507 e. The molecular formula is C24H18Cl2N2O5S. The van der Waals surface area contributed by atoms with Gasteiger partial charge in [-0.3, -0.25) is 4.55 Å². The fraction of sp³-hybridized carbons (Fsp3) is 0.0417. The topological polar surface area (TPSA) is 113 Å². The Morgan fingerprint density at radius 3 is 2.44 bits per heavy atom. The molecule has 1 heterocycles. The lowest BCUT2D eigenvalue weighted by Gasteiger charge is -2.12. The highest BCUT2D eigenvalue weighted by Gasteiger charge is 2.19. The smallest absolute Gasteiger partial charge is 0.294 e. The number of phenols is 1. The van der Waals surface area contributed by atoms with Crippen molar-refractivity contribution < 1.29 is 22.8 Å². The molecule has 5 rings (SSSR count). The summed E-state index contributed by atoms with van der Waals surface area (Å²) in [5, 5.41) is 11.9. The van der Waals surface area contributed by atoms with Crippen LogP contribution in [0, 0.1) is 0 Å². The molecule has 10 heteroatoms. The Kier molecular flexibility index (Phi) is 6.18. The summed E-state index contributed by atoms with van der Waals surface area (Å²) in [5.41, 5.74) is 3.52. The summed E-state index contributed by atoms with van der Waals surface area (Å²) >= 11 is 6.17. The summed E-state index contributed by atoms with van der Waals surface area (Å²) in [7, 11) is -2.89. The van der Waals surface area contributed by atoms with Crippen molar-refractivity contribution in [2.45, 2.75) is 4.90 Å². The van der Waals surface area contributed by atoms with Crippen LogP contribution in [0.5, 0.6) is 11.5 Å². The Morgan fingerprint density at radius 2 is 1.74 bits per heavy atom. The van der Waals surface area contributed by atoms with Crippen LogP contribution in [-0.2, 0) is 10.1 Å². The van der Waals surface area contributed by atoms with Gasteiger partial charge >= 0.3 is 0 Å². The first-order valence-electron chi connectivity index (χ1n) is 9.82. The molecule has 5 aromatic rings. The summed E-state index contributed by atoms with van der Waals surface area (Å²) in [6, 6.07) is 18.8. The predicted octanol–water partition coefficient (Wildman–Crippen LogP) is 6.09. The van der Waals surface area contributed by atoms with Crippen LogP contribution < -0.4 is 4.74 Å². The third-order valence-corrected chi connectivity index (χ3v) is 6.49. The molecule has 3 N–H and O–H groups in total. The van der Waals surface area contributed by atoms with Gasteiger partial charge in [-0.2, -0.15) is 8.42 Å². The van der Waals surface area contributed by atoms with Gasteiger partial charge in [0.25, 0.3) is 10.1 Å². The molecular weight excluding hydrogens is 499 g/mol. The Hall–Kier alpha value is -3.30. The van der Waals surface area contributed by atoms with Gasteiger partial charge in [-0.1, -0.05) is 41.9 Å². The number of aromatic hydroxyl groups is 1. The Balaban J connectivity index is 0.00000274. The monoisotopic (exact) mass is 516 g/mol. The van der Waals surface area contributed by atoms with Gasteiger partial charge in [0.1, 0.15) is 22.8 Å². The number of aromatic nitrogens is 2. The Bertz CT molecular complexity index is 1670. The fourth-order valence-corrected chi connectivity index (χ4v) is 4.71. The fourth-order valence-electron chi connectivity index (χ4n) is 3.99. The minimum atomic E-state index is -4.47. The van der Waals surface area contributed by atoms with Crippen LogP contribution in [0.15, 0.2) is 71.6 Å². The van der Waals surface area contributed by atoms with Gasteiger partial charge < -0.3 is 14.8 Å². The standard InChI is InChI=1S/C24H17ClN2O5S.ClH/c1-32-23-17(13-4-2-5-15(25)10-13)6-3-7-18(23)24-26-19-9-8-14-11-16(33(29,30)31)12-20(28)21(14)22(19)27-24;/h2-12,28H,1H3,(H,26,27)(H,29,30,31);1H. The minimum absolute atomic E-state index is 0. The van der Waals surface area contributed by atoms with Gasteiger partial charge in [0.15, 0.2) is 0 Å². The number of fused-ring (bicyclic) bond motifs is 3.